The van der Waals surface area contributed by atoms with Crippen molar-refractivity contribution in [1.29, 1.82) is 0 Å². The summed E-state index contributed by atoms with van der Waals surface area (Å²) >= 11 is 1.43. The highest BCUT2D eigenvalue weighted by atomic mass is 32.1. The smallest absolute Gasteiger partial charge is 0.266 e. The van der Waals surface area contributed by atoms with Gasteiger partial charge in [-0.3, -0.25) is 4.79 Å². The molecule has 4 aromatic rings. The van der Waals surface area contributed by atoms with Crippen LogP contribution in [0.2, 0.25) is 0 Å². The van der Waals surface area contributed by atoms with Gasteiger partial charge in [-0.1, -0.05) is 31.2 Å². The number of thiophene rings is 1. The van der Waals surface area contributed by atoms with E-state index >= 15 is 0 Å². The van der Waals surface area contributed by atoms with E-state index < -0.39 is 0 Å². The van der Waals surface area contributed by atoms with Gasteiger partial charge in [-0.2, -0.15) is 0 Å². The summed E-state index contributed by atoms with van der Waals surface area (Å²) in [6.07, 6.45) is 1.69. The van der Waals surface area contributed by atoms with Crippen molar-refractivity contribution >= 4 is 32.3 Å². The number of H-pyrrole nitrogens is 1. The average molecular weight is 378 g/mol. The number of benzene rings is 2. The fourth-order valence-electron chi connectivity index (χ4n) is 3.67. The molecule has 0 aliphatic carbocycles. The normalized spacial score (nSPS) is 11.5. The van der Waals surface area contributed by atoms with Crippen LogP contribution in [-0.4, -0.2) is 23.7 Å². The van der Waals surface area contributed by atoms with Gasteiger partial charge in [0.1, 0.15) is 10.4 Å². The van der Waals surface area contributed by atoms with Crippen LogP contribution in [0.3, 0.4) is 0 Å². The van der Waals surface area contributed by atoms with E-state index in [9.17, 15) is 9.90 Å². The number of fused-ring (bicyclic) bond motifs is 3. The third kappa shape index (κ3) is 3.03. The summed E-state index contributed by atoms with van der Waals surface area (Å²) in [5.74, 6) is 0.252. The molecule has 2 aromatic heterocycles. The van der Waals surface area contributed by atoms with Crippen molar-refractivity contribution in [2.24, 2.45) is 0 Å². The standard InChI is InChI=1S/C22H22N2O2S/c1-3-14-12-17(25)18(15-6-4-13(5-7-15)8-10-23-2)19-16-9-11-27-21(16)22(26)24-20(14)19/h4-7,9,11-12,23,25H,3,8,10H2,1-2H3,(H,24,26). The average Bonchev–Trinajstić information content (AvgIpc) is 3.17. The molecule has 2 aromatic carbocycles. The van der Waals surface area contributed by atoms with Crippen LogP contribution in [0.15, 0.2) is 46.6 Å². The lowest BCUT2D eigenvalue weighted by Crippen LogP contribution is -2.10. The van der Waals surface area contributed by atoms with Gasteiger partial charge in [0.15, 0.2) is 0 Å². The van der Waals surface area contributed by atoms with Crippen molar-refractivity contribution in [2.45, 2.75) is 19.8 Å². The largest absolute Gasteiger partial charge is 0.507 e. The molecular formula is C22H22N2O2S. The minimum Gasteiger partial charge on any atom is -0.507 e. The predicted octanol–water partition coefficient (Wildman–Crippen LogP) is 4.44. The second-order valence-electron chi connectivity index (χ2n) is 6.70. The molecule has 0 saturated carbocycles. The quantitative estimate of drug-likeness (QED) is 0.481. The molecule has 138 valence electrons. The Balaban J connectivity index is 2.01. The number of phenols is 1. The first-order chi connectivity index (χ1) is 13.1. The zero-order valence-electron chi connectivity index (χ0n) is 15.4. The molecule has 0 unspecified atom stereocenters. The van der Waals surface area contributed by atoms with Gasteiger partial charge in [0, 0.05) is 16.3 Å². The molecule has 0 amide bonds. The monoisotopic (exact) mass is 378 g/mol. The molecule has 4 rings (SSSR count). The summed E-state index contributed by atoms with van der Waals surface area (Å²) in [6.45, 7) is 2.95. The first kappa shape index (κ1) is 17.8. The summed E-state index contributed by atoms with van der Waals surface area (Å²) in [5, 5.41) is 17.8. The number of rotatable bonds is 5. The summed E-state index contributed by atoms with van der Waals surface area (Å²) in [7, 11) is 1.95. The van der Waals surface area contributed by atoms with Crippen LogP contribution in [0.1, 0.15) is 18.1 Å². The van der Waals surface area contributed by atoms with Crippen LogP contribution in [0.4, 0.5) is 0 Å². The highest BCUT2D eigenvalue weighted by molar-refractivity contribution is 7.17. The minimum atomic E-state index is -0.0683. The van der Waals surface area contributed by atoms with Crippen molar-refractivity contribution in [3.05, 3.63) is 63.3 Å². The predicted molar refractivity (Wildman–Crippen MR) is 114 cm³/mol. The van der Waals surface area contributed by atoms with Crippen molar-refractivity contribution < 1.29 is 5.11 Å². The SMILES string of the molecule is CCc1cc(O)c(-c2ccc(CCNC)cc2)c2c1[nH]c(=O)c1sccc12. The fourth-order valence-corrected chi connectivity index (χ4v) is 4.46. The highest BCUT2D eigenvalue weighted by Crippen LogP contribution is 2.41. The second kappa shape index (κ2) is 7.18. The first-order valence-electron chi connectivity index (χ1n) is 9.16. The Hall–Kier alpha value is -2.63. The van der Waals surface area contributed by atoms with Crippen LogP contribution >= 0.6 is 11.3 Å². The molecule has 0 saturated heterocycles. The maximum absolute atomic E-state index is 12.5. The molecule has 5 heteroatoms. The Morgan fingerprint density at radius 1 is 1.19 bits per heavy atom. The Morgan fingerprint density at radius 2 is 1.96 bits per heavy atom. The number of likely N-dealkylation sites (N-methyl/N-ethyl adjacent to an activating group) is 1. The highest BCUT2D eigenvalue weighted by Gasteiger charge is 2.18. The zero-order valence-corrected chi connectivity index (χ0v) is 16.2. The molecule has 0 radical (unpaired) electrons. The zero-order chi connectivity index (χ0) is 19.0. The lowest BCUT2D eigenvalue weighted by atomic mass is 9.93. The van der Waals surface area contributed by atoms with E-state index in [2.05, 4.69) is 34.6 Å². The number of aromatic amines is 1. The Kier molecular flexibility index (Phi) is 4.72. The van der Waals surface area contributed by atoms with Crippen molar-refractivity contribution in [1.82, 2.24) is 10.3 Å². The summed E-state index contributed by atoms with van der Waals surface area (Å²) in [6, 6.07) is 12.1. The molecular weight excluding hydrogens is 356 g/mol. The number of nitrogens with one attached hydrogen (secondary N) is 2. The lowest BCUT2D eigenvalue weighted by molar-refractivity contribution is 0.477. The maximum atomic E-state index is 12.5. The number of phenolic OH excluding ortho intramolecular Hbond substituents is 1. The molecule has 3 N–H and O–H groups in total. The number of aromatic hydroxyl groups is 1. The number of aryl methyl sites for hydroxylation is 1. The third-order valence-electron chi connectivity index (χ3n) is 5.05. The van der Waals surface area contributed by atoms with Gasteiger partial charge < -0.3 is 15.4 Å². The summed E-state index contributed by atoms with van der Waals surface area (Å²) in [4.78, 5) is 15.5. The molecule has 0 aliphatic heterocycles. The van der Waals surface area contributed by atoms with Crippen LogP contribution in [-0.2, 0) is 12.8 Å². The molecule has 0 aliphatic rings. The Labute approximate surface area is 161 Å². The van der Waals surface area contributed by atoms with E-state index in [1.807, 2.05) is 25.4 Å². The summed E-state index contributed by atoms with van der Waals surface area (Å²) in [5.41, 5.74) is 4.68. The molecule has 0 bridgehead atoms. The van der Waals surface area contributed by atoms with E-state index in [0.29, 0.717) is 4.70 Å². The van der Waals surface area contributed by atoms with E-state index in [1.54, 1.807) is 6.07 Å². The second-order valence-corrected chi connectivity index (χ2v) is 7.62. The molecule has 0 atom stereocenters. The van der Waals surface area contributed by atoms with E-state index in [0.717, 1.165) is 52.4 Å². The van der Waals surface area contributed by atoms with Crippen molar-refractivity contribution in [3.63, 3.8) is 0 Å². The van der Waals surface area contributed by atoms with Crippen molar-refractivity contribution in [2.75, 3.05) is 13.6 Å². The third-order valence-corrected chi connectivity index (χ3v) is 5.97. The van der Waals surface area contributed by atoms with Crippen LogP contribution in [0.25, 0.3) is 32.1 Å². The topological polar surface area (TPSA) is 65.1 Å². The van der Waals surface area contributed by atoms with Gasteiger partial charge in [-0.05, 0) is 60.6 Å². The van der Waals surface area contributed by atoms with Gasteiger partial charge in [0.2, 0.25) is 0 Å². The number of hydrogen-bond acceptors (Lipinski definition) is 4. The van der Waals surface area contributed by atoms with Crippen molar-refractivity contribution in [3.8, 4) is 16.9 Å². The molecule has 2 heterocycles. The fraction of sp³-hybridized carbons (Fsp3) is 0.227. The lowest BCUT2D eigenvalue weighted by Gasteiger charge is -2.14. The van der Waals surface area contributed by atoms with E-state index in [-0.39, 0.29) is 11.3 Å². The molecule has 0 fully saturated rings. The molecule has 27 heavy (non-hydrogen) atoms. The van der Waals surface area contributed by atoms with Gasteiger partial charge in [0.05, 0.1) is 5.52 Å². The van der Waals surface area contributed by atoms with Crippen LogP contribution in [0, 0.1) is 0 Å². The molecule has 0 spiro atoms. The van der Waals surface area contributed by atoms with Gasteiger partial charge in [-0.15, -0.1) is 11.3 Å². The van der Waals surface area contributed by atoms with Crippen LogP contribution < -0.4 is 10.9 Å². The van der Waals surface area contributed by atoms with Crippen LogP contribution in [0.5, 0.6) is 5.75 Å². The van der Waals surface area contributed by atoms with Gasteiger partial charge in [0.25, 0.3) is 5.56 Å². The number of pyridine rings is 1. The van der Waals surface area contributed by atoms with Gasteiger partial charge >= 0.3 is 0 Å². The number of aromatic nitrogens is 1. The number of hydrogen-bond donors (Lipinski definition) is 3. The Bertz CT molecular complexity index is 1170. The first-order valence-corrected chi connectivity index (χ1v) is 10.0. The van der Waals surface area contributed by atoms with Gasteiger partial charge in [-0.25, -0.2) is 0 Å². The summed E-state index contributed by atoms with van der Waals surface area (Å²) < 4.78 is 0.696. The van der Waals surface area contributed by atoms with E-state index in [4.69, 9.17) is 0 Å². The minimum absolute atomic E-state index is 0.0683. The molecule has 4 nitrogen and oxygen atoms in total. The van der Waals surface area contributed by atoms with E-state index in [1.165, 1.54) is 16.9 Å². The Morgan fingerprint density at radius 3 is 2.67 bits per heavy atom. The maximum Gasteiger partial charge on any atom is 0.266 e.